The van der Waals surface area contributed by atoms with Crippen molar-refractivity contribution >= 4 is 5.91 Å². The van der Waals surface area contributed by atoms with Crippen molar-refractivity contribution in [2.45, 2.75) is 26.4 Å². The number of hydrogen-bond donors (Lipinski definition) is 2. The van der Waals surface area contributed by atoms with Crippen LogP contribution < -0.4 is 10.6 Å². The van der Waals surface area contributed by atoms with E-state index >= 15 is 0 Å². The number of carbonyl (C=O) groups is 1. The first-order valence-corrected chi connectivity index (χ1v) is 6.50. The molecule has 0 aliphatic carbocycles. The lowest BCUT2D eigenvalue weighted by Gasteiger charge is -2.27. The Kier molecular flexibility index (Phi) is 7.16. The van der Waals surface area contributed by atoms with Crippen LogP contribution in [-0.4, -0.2) is 62.8 Å². The molecule has 5 heteroatoms. The van der Waals surface area contributed by atoms with E-state index in [2.05, 4.69) is 15.5 Å². The number of carbonyl (C=O) groups excluding carboxylic acids is 1. The van der Waals surface area contributed by atoms with Crippen molar-refractivity contribution in [2.75, 3.05) is 45.9 Å². The fourth-order valence-corrected chi connectivity index (χ4v) is 1.76. The van der Waals surface area contributed by atoms with Gasteiger partial charge in [-0.3, -0.25) is 4.79 Å². The summed E-state index contributed by atoms with van der Waals surface area (Å²) in [6.45, 7) is 10.2. The Morgan fingerprint density at radius 3 is 2.76 bits per heavy atom. The van der Waals surface area contributed by atoms with Crippen molar-refractivity contribution < 1.29 is 9.53 Å². The zero-order valence-electron chi connectivity index (χ0n) is 11.0. The molecule has 5 nitrogen and oxygen atoms in total. The van der Waals surface area contributed by atoms with E-state index in [9.17, 15) is 4.79 Å². The maximum atomic E-state index is 11.3. The quantitative estimate of drug-likeness (QED) is 0.609. The lowest BCUT2D eigenvalue weighted by Crippen LogP contribution is -2.44. The van der Waals surface area contributed by atoms with Crippen LogP contribution in [0.4, 0.5) is 0 Å². The average molecular weight is 243 g/mol. The van der Waals surface area contributed by atoms with Gasteiger partial charge in [0, 0.05) is 32.7 Å². The molecule has 1 aliphatic rings. The molecule has 0 saturated carbocycles. The van der Waals surface area contributed by atoms with Gasteiger partial charge in [-0.25, -0.2) is 0 Å². The highest BCUT2D eigenvalue weighted by atomic mass is 16.5. The third-order valence-corrected chi connectivity index (χ3v) is 2.73. The predicted octanol–water partition coefficient (Wildman–Crippen LogP) is -0.177. The minimum atomic E-state index is -0.0148. The third-order valence-electron chi connectivity index (χ3n) is 2.73. The van der Waals surface area contributed by atoms with E-state index in [1.165, 1.54) is 0 Å². The standard InChI is InChI=1S/C12H25N3O2/c1-11(2)17-10-12(16)14-4-3-7-15-8-5-13-6-9-15/h11,13H,3-10H2,1-2H3,(H,14,16). The molecule has 1 rings (SSSR count). The number of hydrogen-bond acceptors (Lipinski definition) is 4. The van der Waals surface area contributed by atoms with Crippen LogP contribution in [0.15, 0.2) is 0 Å². The molecule has 0 bridgehead atoms. The molecule has 1 fully saturated rings. The van der Waals surface area contributed by atoms with Gasteiger partial charge in [0.15, 0.2) is 0 Å². The topological polar surface area (TPSA) is 53.6 Å². The Bertz CT molecular complexity index is 216. The monoisotopic (exact) mass is 243 g/mol. The van der Waals surface area contributed by atoms with Crippen molar-refractivity contribution in [3.05, 3.63) is 0 Å². The Labute approximate surface area is 104 Å². The third kappa shape index (κ3) is 7.31. The van der Waals surface area contributed by atoms with E-state index in [0.717, 1.165) is 45.7 Å². The maximum Gasteiger partial charge on any atom is 0.246 e. The molecule has 0 radical (unpaired) electrons. The van der Waals surface area contributed by atoms with Crippen LogP contribution in [0.25, 0.3) is 0 Å². The van der Waals surface area contributed by atoms with Gasteiger partial charge < -0.3 is 20.3 Å². The molecule has 0 aromatic heterocycles. The van der Waals surface area contributed by atoms with E-state index in [4.69, 9.17) is 4.74 Å². The molecule has 0 aromatic rings. The number of ether oxygens (including phenoxy) is 1. The molecule has 2 N–H and O–H groups in total. The van der Waals surface area contributed by atoms with E-state index in [0.29, 0.717) is 0 Å². The first kappa shape index (κ1) is 14.4. The SMILES string of the molecule is CC(C)OCC(=O)NCCCN1CCNCC1. The minimum Gasteiger partial charge on any atom is -0.369 e. The van der Waals surface area contributed by atoms with Gasteiger partial charge in [-0.15, -0.1) is 0 Å². The molecule has 1 aliphatic heterocycles. The molecule has 1 amide bonds. The summed E-state index contributed by atoms with van der Waals surface area (Å²) in [4.78, 5) is 13.8. The van der Waals surface area contributed by atoms with Crippen molar-refractivity contribution in [1.82, 2.24) is 15.5 Å². The average Bonchev–Trinajstić information content (AvgIpc) is 2.33. The summed E-state index contributed by atoms with van der Waals surface area (Å²) in [6, 6.07) is 0. The van der Waals surface area contributed by atoms with Crippen LogP contribution >= 0.6 is 0 Å². The van der Waals surface area contributed by atoms with Crippen LogP contribution in [0, 0.1) is 0 Å². The highest BCUT2D eigenvalue weighted by molar-refractivity contribution is 5.77. The summed E-state index contributed by atoms with van der Waals surface area (Å²) in [6.07, 6.45) is 1.12. The van der Waals surface area contributed by atoms with Crippen LogP contribution in [0.5, 0.6) is 0 Å². The van der Waals surface area contributed by atoms with Crippen LogP contribution in [-0.2, 0) is 9.53 Å². The van der Waals surface area contributed by atoms with E-state index in [-0.39, 0.29) is 18.6 Å². The van der Waals surface area contributed by atoms with Crippen molar-refractivity contribution in [2.24, 2.45) is 0 Å². The van der Waals surface area contributed by atoms with Gasteiger partial charge in [0.2, 0.25) is 5.91 Å². The second-order valence-corrected chi connectivity index (χ2v) is 4.65. The Hall–Kier alpha value is -0.650. The molecule has 1 saturated heterocycles. The Morgan fingerprint density at radius 1 is 1.41 bits per heavy atom. The summed E-state index contributed by atoms with van der Waals surface area (Å²) in [5, 5.41) is 6.19. The molecule has 17 heavy (non-hydrogen) atoms. The second-order valence-electron chi connectivity index (χ2n) is 4.65. The maximum absolute atomic E-state index is 11.3. The van der Waals surface area contributed by atoms with Gasteiger partial charge in [-0.1, -0.05) is 0 Å². The number of nitrogens with one attached hydrogen (secondary N) is 2. The van der Waals surface area contributed by atoms with Crippen molar-refractivity contribution in [3.8, 4) is 0 Å². The van der Waals surface area contributed by atoms with Crippen molar-refractivity contribution in [1.29, 1.82) is 0 Å². The minimum absolute atomic E-state index is 0.0148. The van der Waals surface area contributed by atoms with E-state index in [1.54, 1.807) is 0 Å². The van der Waals surface area contributed by atoms with Gasteiger partial charge in [0.25, 0.3) is 0 Å². The summed E-state index contributed by atoms with van der Waals surface area (Å²) in [7, 11) is 0. The van der Waals surface area contributed by atoms with Crippen LogP contribution in [0.3, 0.4) is 0 Å². The summed E-state index contributed by atoms with van der Waals surface area (Å²) in [5.41, 5.74) is 0. The van der Waals surface area contributed by atoms with Gasteiger partial charge in [-0.2, -0.15) is 0 Å². The lowest BCUT2D eigenvalue weighted by molar-refractivity contribution is -0.127. The zero-order valence-corrected chi connectivity index (χ0v) is 11.0. The fraction of sp³-hybridized carbons (Fsp3) is 0.917. The van der Waals surface area contributed by atoms with Crippen LogP contribution in [0.2, 0.25) is 0 Å². The summed E-state index contributed by atoms with van der Waals surface area (Å²) >= 11 is 0. The highest BCUT2D eigenvalue weighted by Gasteiger charge is 2.08. The molecule has 1 heterocycles. The first-order chi connectivity index (χ1) is 8.18. The zero-order chi connectivity index (χ0) is 12.5. The summed E-state index contributed by atoms with van der Waals surface area (Å²) in [5.74, 6) is -0.0148. The van der Waals surface area contributed by atoms with E-state index in [1.807, 2.05) is 13.8 Å². The fourth-order valence-electron chi connectivity index (χ4n) is 1.76. The second kappa shape index (κ2) is 8.44. The lowest BCUT2D eigenvalue weighted by atomic mass is 10.3. The van der Waals surface area contributed by atoms with Gasteiger partial charge in [-0.05, 0) is 26.8 Å². The molecular weight excluding hydrogens is 218 g/mol. The smallest absolute Gasteiger partial charge is 0.246 e. The van der Waals surface area contributed by atoms with E-state index < -0.39 is 0 Å². The molecule has 100 valence electrons. The Morgan fingerprint density at radius 2 is 2.12 bits per heavy atom. The predicted molar refractivity (Wildman–Crippen MR) is 68.0 cm³/mol. The largest absolute Gasteiger partial charge is 0.369 e. The number of piperazine rings is 1. The molecular formula is C12H25N3O2. The first-order valence-electron chi connectivity index (χ1n) is 6.50. The molecule has 0 aromatic carbocycles. The Balaban J connectivity index is 1.94. The van der Waals surface area contributed by atoms with Gasteiger partial charge in [0.05, 0.1) is 6.10 Å². The van der Waals surface area contributed by atoms with Crippen molar-refractivity contribution in [3.63, 3.8) is 0 Å². The van der Waals surface area contributed by atoms with Gasteiger partial charge in [0.1, 0.15) is 6.61 Å². The van der Waals surface area contributed by atoms with Gasteiger partial charge >= 0.3 is 0 Å². The highest BCUT2D eigenvalue weighted by Crippen LogP contribution is 1.93. The molecule has 0 spiro atoms. The number of amides is 1. The normalized spacial score (nSPS) is 17.4. The number of nitrogens with zero attached hydrogens (tertiary/aromatic N) is 1. The summed E-state index contributed by atoms with van der Waals surface area (Å²) < 4.78 is 5.22. The number of rotatable bonds is 7. The molecule has 0 atom stereocenters. The molecule has 0 unspecified atom stereocenters. The van der Waals surface area contributed by atoms with Crippen LogP contribution in [0.1, 0.15) is 20.3 Å².